The number of carboxylic acids is 1. The number of likely N-dealkylation sites (tertiary alicyclic amines) is 2. The van der Waals surface area contributed by atoms with Crippen molar-refractivity contribution in [3.63, 3.8) is 0 Å². The number of aliphatic carboxylic acids is 1. The second-order valence-corrected chi connectivity index (χ2v) is 12.7. The normalized spacial score (nSPS) is 20.8. The van der Waals surface area contributed by atoms with Crippen molar-refractivity contribution in [3.8, 4) is 0 Å². The van der Waals surface area contributed by atoms with E-state index in [0.29, 0.717) is 12.1 Å². The average Bonchev–Trinajstić information content (AvgIpc) is 3.40. The van der Waals surface area contributed by atoms with Crippen LogP contribution in [0.5, 0.6) is 0 Å². The van der Waals surface area contributed by atoms with E-state index in [1.807, 2.05) is 0 Å². The third kappa shape index (κ3) is 5.43. The number of carboxylic acid groups (broad SMARTS) is 1. The van der Waals surface area contributed by atoms with Crippen molar-refractivity contribution in [3.05, 3.63) is 65.5 Å². The Labute approximate surface area is 241 Å². The van der Waals surface area contributed by atoms with Gasteiger partial charge in [0, 0.05) is 38.9 Å². The highest BCUT2D eigenvalue weighted by Crippen LogP contribution is 2.53. The minimum absolute atomic E-state index is 0.0900. The van der Waals surface area contributed by atoms with E-state index in [1.165, 1.54) is 9.80 Å². The van der Waals surface area contributed by atoms with E-state index < -0.39 is 68.4 Å². The van der Waals surface area contributed by atoms with Crippen LogP contribution >= 0.6 is 0 Å². The number of hydrogen-bond acceptors (Lipinski definition) is 5. The lowest BCUT2D eigenvalue weighted by molar-refractivity contribution is -0.383. The fraction of sp³-hybridized carbons (Fsp3) is 0.481. The third-order valence-electron chi connectivity index (χ3n) is 8.18. The van der Waals surface area contributed by atoms with Gasteiger partial charge < -0.3 is 19.6 Å². The number of rotatable bonds is 6. The summed E-state index contributed by atoms with van der Waals surface area (Å²) in [7, 11) is -4.27. The van der Waals surface area contributed by atoms with E-state index in [-0.39, 0.29) is 56.5 Å². The van der Waals surface area contributed by atoms with Gasteiger partial charge in [-0.2, -0.15) is 26.3 Å². The number of ether oxygens (including phenoxy) is 1. The fourth-order valence-corrected chi connectivity index (χ4v) is 7.84. The Bertz CT molecular complexity index is 1440. The van der Waals surface area contributed by atoms with Gasteiger partial charge in [-0.1, -0.05) is 24.3 Å². The molecule has 0 radical (unpaired) electrons. The Morgan fingerprint density at radius 3 is 1.88 bits per heavy atom. The minimum Gasteiger partial charge on any atom is -0.481 e. The van der Waals surface area contributed by atoms with Crippen LogP contribution in [-0.4, -0.2) is 81.0 Å². The molecule has 2 amide bonds. The third-order valence-corrected chi connectivity index (χ3v) is 10.7. The van der Waals surface area contributed by atoms with Crippen molar-refractivity contribution in [2.45, 2.75) is 46.9 Å². The van der Waals surface area contributed by atoms with Gasteiger partial charge in [-0.25, -0.2) is 17.6 Å². The molecule has 0 spiro atoms. The number of hydrogen-bond donors (Lipinski definition) is 1. The molecular weight excluding hydrogens is 613 g/mol. The summed E-state index contributed by atoms with van der Waals surface area (Å²) in [6.07, 6.45) is -11.8. The number of piperidine rings is 1. The molecule has 2 fully saturated rings. The Balaban J connectivity index is 1.76. The zero-order chi connectivity index (χ0) is 32.0. The fourth-order valence-electron chi connectivity index (χ4n) is 5.76. The van der Waals surface area contributed by atoms with Gasteiger partial charge >= 0.3 is 24.4 Å². The molecule has 236 valence electrons. The van der Waals surface area contributed by atoms with Crippen LogP contribution in [0.2, 0.25) is 0 Å². The lowest BCUT2D eigenvalue weighted by atomic mass is 9.88. The molecule has 2 saturated heterocycles. The van der Waals surface area contributed by atoms with Crippen LogP contribution in [0.1, 0.15) is 30.4 Å². The van der Waals surface area contributed by atoms with E-state index in [4.69, 9.17) is 0 Å². The quantitative estimate of drug-likeness (QED) is 0.349. The van der Waals surface area contributed by atoms with E-state index in [0.717, 1.165) is 36.4 Å². The summed E-state index contributed by atoms with van der Waals surface area (Å²) in [5.41, 5.74) is -6.21. The van der Waals surface area contributed by atoms with Crippen LogP contribution in [-0.2, 0) is 29.7 Å². The molecule has 0 aliphatic carbocycles. The summed E-state index contributed by atoms with van der Waals surface area (Å²) >= 11 is 0. The molecule has 0 aromatic heterocycles. The number of halogens is 7. The number of sulfone groups is 1. The number of amides is 2. The molecule has 2 aliphatic rings. The van der Waals surface area contributed by atoms with E-state index >= 15 is 0 Å². The van der Waals surface area contributed by atoms with Crippen LogP contribution in [0.25, 0.3) is 0 Å². The molecule has 2 heterocycles. The first-order chi connectivity index (χ1) is 19.9. The zero-order valence-corrected chi connectivity index (χ0v) is 23.4. The highest BCUT2D eigenvalue weighted by Gasteiger charge is 2.73. The SMILES string of the molecule is COC(c1ccc([C@]2(S(=O)(=O)c3ccc(F)cc3)CCN(C(=O)N3CCC(C(=O)O)CC3)C2)cc1)(C(F)(F)F)C(F)(F)F. The summed E-state index contributed by atoms with van der Waals surface area (Å²) in [5.74, 6) is -2.40. The summed E-state index contributed by atoms with van der Waals surface area (Å²) in [4.78, 5) is 26.8. The van der Waals surface area contributed by atoms with Crippen molar-refractivity contribution in [1.82, 2.24) is 9.80 Å². The number of carbonyl (C=O) groups excluding carboxylic acids is 1. The van der Waals surface area contributed by atoms with E-state index in [9.17, 15) is 53.8 Å². The maximum atomic E-state index is 14.1. The van der Waals surface area contributed by atoms with Crippen molar-refractivity contribution in [2.75, 3.05) is 33.3 Å². The average molecular weight is 641 g/mol. The molecular formula is C27H27F7N2O6S. The first-order valence-electron chi connectivity index (χ1n) is 13.0. The first kappa shape index (κ1) is 32.5. The zero-order valence-electron chi connectivity index (χ0n) is 22.6. The van der Waals surface area contributed by atoms with Gasteiger partial charge in [-0.3, -0.25) is 4.79 Å². The van der Waals surface area contributed by atoms with Gasteiger partial charge in [0.05, 0.1) is 10.8 Å². The minimum atomic E-state index is -5.93. The largest absolute Gasteiger partial charge is 0.481 e. The maximum absolute atomic E-state index is 14.1. The van der Waals surface area contributed by atoms with Crippen LogP contribution in [0.3, 0.4) is 0 Å². The van der Waals surface area contributed by atoms with E-state index in [2.05, 4.69) is 4.74 Å². The second-order valence-electron chi connectivity index (χ2n) is 10.5. The molecule has 0 bridgehead atoms. The standard InChI is InChI=1S/C27H27F7N2O6S/c1-42-25(26(29,30)31,27(32,33)34)19-4-2-18(3-5-19)24(43(40,41)21-8-6-20(28)7-9-21)12-15-36(16-24)23(39)35-13-10-17(11-14-35)22(37)38/h2-9,17H,10-16H2,1H3,(H,37,38)/t24-/m0/s1. The Hall–Kier alpha value is -3.40. The van der Waals surface area contributed by atoms with Crippen LogP contribution in [0, 0.1) is 11.7 Å². The maximum Gasteiger partial charge on any atom is 0.430 e. The number of alkyl halides is 6. The Morgan fingerprint density at radius 2 is 1.42 bits per heavy atom. The van der Waals surface area contributed by atoms with Gasteiger partial charge in [0.1, 0.15) is 10.6 Å². The Morgan fingerprint density at radius 1 is 0.884 bits per heavy atom. The molecule has 43 heavy (non-hydrogen) atoms. The number of carbonyl (C=O) groups is 2. The van der Waals surface area contributed by atoms with Crippen molar-refractivity contribution in [2.24, 2.45) is 5.92 Å². The monoisotopic (exact) mass is 640 g/mol. The summed E-state index contributed by atoms with van der Waals surface area (Å²) < 4.78 is 127. The topological polar surface area (TPSA) is 104 Å². The predicted octanol–water partition coefficient (Wildman–Crippen LogP) is 5.08. The Kier molecular flexibility index (Phi) is 8.52. The van der Waals surface area contributed by atoms with Crippen LogP contribution in [0.4, 0.5) is 35.5 Å². The lowest BCUT2D eigenvalue weighted by Gasteiger charge is -2.37. The molecule has 1 N–H and O–H groups in total. The highest BCUT2D eigenvalue weighted by molar-refractivity contribution is 7.92. The van der Waals surface area contributed by atoms with Crippen LogP contribution in [0.15, 0.2) is 53.4 Å². The highest BCUT2D eigenvalue weighted by atomic mass is 32.2. The number of methoxy groups -OCH3 is 1. The smallest absolute Gasteiger partial charge is 0.430 e. The number of benzene rings is 2. The number of urea groups is 1. The van der Waals surface area contributed by atoms with Gasteiger partial charge in [0.25, 0.3) is 5.60 Å². The molecule has 2 aromatic rings. The summed E-state index contributed by atoms with van der Waals surface area (Å²) in [6.45, 7) is -0.482. The van der Waals surface area contributed by atoms with Gasteiger partial charge in [-0.15, -0.1) is 0 Å². The molecule has 16 heteroatoms. The first-order valence-corrected chi connectivity index (χ1v) is 14.5. The number of nitrogens with zero attached hydrogens (tertiary/aromatic N) is 2. The molecule has 1 atom stereocenters. The van der Waals surface area contributed by atoms with Crippen molar-refractivity contribution >= 4 is 21.8 Å². The van der Waals surface area contributed by atoms with Gasteiger partial charge in [0.15, 0.2) is 9.84 Å². The molecule has 4 rings (SSSR count). The molecule has 0 saturated carbocycles. The van der Waals surface area contributed by atoms with Gasteiger partial charge in [0.2, 0.25) is 0 Å². The van der Waals surface area contributed by atoms with Crippen molar-refractivity contribution < 1.29 is 58.6 Å². The molecule has 2 aliphatic heterocycles. The van der Waals surface area contributed by atoms with E-state index in [1.54, 1.807) is 0 Å². The van der Waals surface area contributed by atoms with Crippen molar-refractivity contribution in [1.29, 1.82) is 0 Å². The predicted molar refractivity (Wildman–Crippen MR) is 136 cm³/mol. The molecule has 0 unspecified atom stereocenters. The molecule has 8 nitrogen and oxygen atoms in total. The second kappa shape index (κ2) is 11.3. The lowest BCUT2D eigenvalue weighted by Crippen LogP contribution is -2.55. The summed E-state index contributed by atoms with van der Waals surface area (Å²) in [6, 6.07) is 5.76. The van der Waals surface area contributed by atoms with Gasteiger partial charge in [-0.05, 0) is 49.1 Å². The van der Waals surface area contributed by atoms with Crippen LogP contribution < -0.4 is 0 Å². The summed E-state index contributed by atoms with van der Waals surface area (Å²) in [5, 5.41) is 9.22. The molecule has 2 aromatic carbocycles.